The van der Waals surface area contributed by atoms with Crippen LogP contribution in [-0.2, 0) is 15.0 Å². The summed E-state index contributed by atoms with van der Waals surface area (Å²) in [6, 6.07) is 18.8. The summed E-state index contributed by atoms with van der Waals surface area (Å²) in [6.07, 6.45) is 0.810. The molecule has 1 aliphatic heterocycles. The molecule has 4 rings (SSSR count). The van der Waals surface area contributed by atoms with Gasteiger partial charge in [0.2, 0.25) is 0 Å². The molecule has 1 aliphatic rings. The highest BCUT2D eigenvalue weighted by Crippen LogP contribution is 2.43. The Balaban J connectivity index is 1.88. The van der Waals surface area contributed by atoms with Crippen LogP contribution in [0.25, 0.3) is 5.76 Å². The van der Waals surface area contributed by atoms with E-state index in [1.165, 1.54) is 29.2 Å². The summed E-state index contributed by atoms with van der Waals surface area (Å²) in [5.74, 6) is -1.47. The molecule has 0 radical (unpaired) electrons. The van der Waals surface area contributed by atoms with E-state index in [-0.39, 0.29) is 22.2 Å². The lowest BCUT2D eigenvalue weighted by Crippen LogP contribution is -2.29. The lowest BCUT2D eigenvalue weighted by atomic mass is 9.85. The van der Waals surface area contributed by atoms with Gasteiger partial charge in [0.25, 0.3) is 17.4 Å². The maximum absolute atomic E-state index is 13.4. The maximum atomic E-state index is 13.4. The molecule has 3 aromatic carbocycles. The molecule has 0 bridgehead atoms. The number of rotatable bonds is 7. The average Bonchev–Trinajstić information content (AvgIpc) is 3.17. The molecule has 8 heteroatoms. The van der Waals surface area contributed by atoms with Crippen LogP contribution in [0.1, 0.15) is 56.8 Å². The summed E-state index contributed by atoms with van der Waals surface area (Å²) in [7, 11) is 0. The lowest BCUT2D eigenvalue weighted by molar-refractivity contribution is -0.384. The Morgan fingerprint density at radius 3 is 2.26 bits per heavy atom. The van der Waals surface area contributed by atoms with Crippen LogP contribution in [0.5, 0.6) is 5.75 Å². The first-order valence-corrected chi connectivity index (χ1v) is 12.4. The van der Waals surface area contributed by atoms with Gasteiger partial charge < -0.3 is 9.84 Å². The summed E-state index contributed by atoms with van der Waals surface area (Å²) < 4.78 is 5.75. The quantitative estimate of drug-likeness (QED) is 0.130. The van der Waals surface area contributed by atoms with E-state index in [4.69, 9.17) is 4.74 Å². The van der Waals surface area contributed by atoms with Crippen LogP contribution in [0.4, 0.5) is 11.4 Å². The van der Waals surface area contributed by atoms with Gasteiger partial charge in [0.1, 0.15) is 11.5 Å². The number of hydrogen-bond acceptors (Lipinski definition) is 6. The molecule has 1 fully saturated rings. The number of hydrogen-bond donors (Lipinski definition) is 1. The van der Waals surface area contributed by atoms with Gasteiger partial charge in [0.15, 0.2) is 0 Å². The summed E-state index contributed by atoms with van der Waals surface area (Å²) >= 11 is 0. The lowest BCUT2D eigenvalue weighted by Gasteiger charge is -2.27. The smallest absolute Gasteiger partial charge is 0.300 e. The van der Waals surface area contributed by atoms with Gasteiger partial charge in [-0.1, -0.05) is 58.0 Å². The molecule has 1 atom stereocenters. The van der Waals surface area contributed by atoms with Crippen molar-refractivity contribution in [1.29, 1.82) is 0 Å². The predicted octanol–water partition coefficient (Wildman–Crippen LogP) is 6.31. The van der Waals surface area contributed by atoms with Crippen molar-refractivity contribution in [1.82, 2.24) is 0 Å². The van der Waals surface area contributed by atoms with Gasteiger partial charge in [-0.3, -0.25) is 24.6 Å². The van der Waals surface area contributed by atoms with Crippen molar-refractivity contribution >= 4 is 28.8 Å². The van der Waals surface area contributed by atoms with Gasteiger partial charge in [0.05, 0.1) is 23.1 Å². The topological polar surface area (TPSA) is 110 Å². The van der Waals surface area contributed by atoms with Crippen LogP contribution in [0.3, 0.4) is 0 Å². The van der Waals surface area contributed by atoms with Crippen molar-refractivity contribution in [2.24, 2.45) is 0 Å². The molecule has 196 valence electrons. The third kappa shape index (κ3) is 5.16. The van der Waals surface area contributed by atoms with E-state index < -0.39 is 28.4 Å². The number of nitro groups is 1. The van der Waals surface area contributed by atoms with E-state index in [9.17, 15) is 24.8 Å². The van der Waals surface area contributed by atoms with E-state index in [1.54, 1.807) is 24.3 Å². The van der Waals surface area contributed by atoms with Gasteiger partial charge in [0, 0.05) is 29.4 Å². The molecule has 1 N–H and O–H groups in total. The fourth-order valence-corrected chi connectivity index (χ4v) is 4.42. The van der Waals surface area contributed by atoms with Crippen molar-refractivity contribution in [2.75, 3.05) is 11.5 Å². The number of nitro benzene ring substituents is 1. The molecule has 3 aromatic rings. The maximum Gasteiger partial charge on any atom is 0.300 e. The number of aliphatic hydroxyl groups is 1. The van der Waals surface area contributed by atoms with Crippen LogP contribution in [-0.4, -0.2) is 28.3 Å². The third-order valence-corrected chi connectivity index (χ3v) is 6.46. The van der Waals surface area contributed by atoms with Crippen molar-refractivity contribution in [2.45, 2.75) is 45.6 Å². The zero-order valence-corrected chi connectivity index (χ0v) is 21.8. The standard InChI is InChI=1S/C30H30N2O6/c1-5-17-38-24-8-6-7-23(18-24)31-26(19-9-13-21(14-10-19)30(2,3)4)25(28(34)29(31)35)27(33)20-11-15-22(16-12-20)32(36)37/h6-16,18,26,33H,5,17H2,1-4H3/b27-25+. The first-order chi connectivity index (χ1) is 18.0. The normalized spacial score (nSPS) is 17.1. The number of ketones is 1. The number of carbonyl (C=O) groups excluding carboxylic acids is 2. The van der Waals surface area contributed by atoms with Crippen LogP contribution in [0.2, 0.25) is 0 Å². The zero-order chi connectivity index (χ0) is 27.6. The molecule has 0 spiro atoms. The Bertz CT molecular complexity index is 1400. The number of carbonyl (C=O) groups is 2. The van der Waals surface area contributed by atoms with Crippen LogP contribution in [0.15, 0.2) is 78.4 Å². The van der Waals surface area contributed by atoms with Gasteiger partial charge in [-0.05, 0) is 47.2 Å². The Morgan fingerprint density at radius 1 is 1.03 bits per heavy atom. The second-order valence-electron chi connectivity index (χ2n) is 10.2. The van der Waals surface area contributed by atoms with Crippen LogP contribution < -0.4 is 9.64 Å². The fraction of sp³-hybridized carbons (Fsp3) is 0.267. The number of aliphatic hydroxyl groups excluding tert-OH is 1. The number of anilines is 1. The van der Waals surface area contributed by atoms with Crippen molar-refractivity contribution in [3.05, 3.63) is 105 Å². The summed E-state index contributed by atoms with van der Waals surface area (Å²) in [6.45, 7) is 8.75. The second-order valence-corrected chi connectivity index (χ2v) is 10.2. The first-order valence-electron chi connectivity index (χ1n) is 12.4. The van der Waals surface area contributed by atoms with E-state index in [0.717, 1.165) is 12.0 Å². The molecule has 1 amide bonds. The summed E-state index contributed by atoms with van der Waals surface area (Å²) in [5.41, 5.74) is 2.01. The highest BCUT2D eigenvalue weighted by Gasteiger charge is 2.47. The molecule has 0 aliphatic carbocycles. The largest absolute Gasteiger partial charge is 0.507 e. The second kappa shape index (κ2) is 10.5. The number of amides is 1. The minimum atomic E-state index is -0.916. The van der Waals surface area contributed by atoms with Crippen LogP contribution in [0, 0.1) is 10.1 Å². The van der Waals surface area contributed by atoms with E-state index in [0.29, 0.717) is 23.6 Å². The van der Waals surface area contributed by atoms with Crippen molar-refractivity contribution in [3.63, 3.8) is 0 Å². The zero-order valence-electron chi connectivity index (χ0n) is 21.8. The molecule has 1 saturated heterocycles. The predicted molar refractivity (Wildman–Crippen MR) is 145 cm³/mol. The number of nitrogens with zero attached hydrogens (tertiary/aromatic N) is 2. The van der Waals surface area contributed by atoms with Crippen molar-refractivity contribution < 1.29 is 24.4 Å². The number of Topliss-reactive ketones (excluding diaryl/α,β-unsaturated/α-hetero) is 1. The van der Waals surface area contributed by atoms with E-state index >= 15 is 0 Å². The molecular formula is C30H30N2O6. The minimum Gasteiger partial charge on any atom is -0.507 e. The van der Waals surface area contributed by atoms with Crippen molar-refractivity contribution in [3.8, 4) is 5.75 Å². The number of benzene rings is 3. The van der Waals surface area contributed by atoms with Gasteiger partial charge in [-0.15, -0.1) is 0 Å². The first kappa shape index (κ1) is 26.6. The summed E-state index contributed by atoms with van der Waals surface area (Å²) in [5, 5.41) is 22.4. The monoisotopic (exact) mass is 514 g/mol. The third-order valence-electron chi connectivity index (χ3n) is 6.46. The Kier molecular flexibility index (Phi) is 7.35. The molecule has 0 saturated carbocycles. The number of non-ortho nitro benzene ring substituents is 1. The Morgan fingerprint density at radius 2 is 1.68 bits per heavy atom. The highest BCUT2D eigenvalue weighted by molar-refractivity contribution is 6.51. The Labute approximate surface area is 221 Å². The SMILES string of the molecule is CCCOc1cccc(N2C(=O)C(=O)/C(=C(/O)c3ccc([N+](=O)[O-])cc3)C2c2ccc(C(C)(C)C)cc2)c1. The number of ether oxygens (including phenoxy) is 1. The van der Waals surface area contributed by atoms with E-state index in [1.807, 2.05) is 31.2 Å². The molecule has 1 heterocycles. The van der Waals surface area contributed by atoms with Gasteiger partial charge in [-0.25, -0.2) is 0 Å². The highest BCUT2D eigenvalue weighted by atomic mass is 16.6. The molecule has 8 nitrogen and oxygen atoms in total. The van der Waals surface area contributed by atoms with Gasteiger partial charge >= 0.3 is 0 Å². The fourth-order valence-electron chi connectivity index (χ4n) is 4.42. The van der Waals surface area contributed by atoms with E-state index in [2.05, 4.69) is 20.8 Å². The molecular weight excluding hydrogens is 484 g/mol. The molecule has 38 heavy (non-hydrogen) atoms. The summed E-state index contributed by atoms with van der Waals surface area (Å²) in [4.78, 5) is 38.7. The minimum absolute atomic E-state index is 0.0905. The van der Waals surface area contributed by atoms with Gasteiger partial charge in [-0.2, -0.15) is 0 Å². The molecule has 0 aromatic heterocycles. The molecule has 1 unspecified atom stereocenters. The Hall–Kier alpha value is -4.46. The van der Waals surface area contributed by atoms with Crippen LogP contribution >= 0.6 is 0 Å². The average molecular weight is 515 g/mol.